The maximum Gasteiger partial charge on any atom is 0.228 e. The third-order valence-corrected chi connectivity index (χ3v) is 6.54. The lowest BCUT2D eigenvalue weighted by Gasteiger charge is -2.36. The Bertz CT molecular complexity index is 986. The number of amides is 2. The van der Waals surface area contributed by atoms with Gasteiger partial charge < -0.3 is 19.6 Å². The van der Waals surface area contributed by atoms with Gasteiger partial charge >= 0.3 is 0 Å². The maximum absolute atomic E-state index is 13.2. The fourth-order valence-corrected chi connectivity index (χ4v) is 4.74. The molecule has 3 fully saturated rings. The summed E-state index contributed by atoms with van der Waals surface area (Å²) in [6, 6.07) is 7.75. The summed E-state index contributed by atoms with van der Waals surface area (Å²) < 4.78 is 13.2. The van der Waals surface area contributed by atoms with Gasteiger partial charge in [-0.05, 0) is 43.2 Å². The Morgan fingerprint density at radius 3 is 2.38 bits per heavy atom. The monoisotopic (exact) mass is 438 g/mol. The number of anilines is 3. The van der Waals surface area contributed by atoms with E-state index in [-0.39, 0.29) is 30.0 Å². The van der Waals surface area contributed by atoms with Gasteiger partial charge in [-0.25, -0.2) is 9.37 Å². The van der Waals surface area contributed by atoms with Gasteiger partial charge in [0, 0.05) is 64.1 Å². The molecule has 1 atom stereocenters. The molecule has 1 aromatic heterocycles. The summed E-state index contributed by atoms with van der Waals surface area (Å²) in [6.07, 6.45) is 4.36. The first-order valence-corrected chi connectivity index (χ1v) is 11.3. The average molecular weight is 439 g/mol. The van der Waals surface area contributed by atoms with Gasteiger partial charge in [-0.2, -0.15) is 4.98 Å². The molecule has 3 saturated heterocycles. The van der Waals surface area contributed by atoms with Gasteiger partial charge in [0.2, 0.25) is 17.8 Å². The molecular formula is C23H27FN6O2. The molecule has 168 valence electrons. The van der Waals surface area contributed by atoms with Crippen LogP contribution < -0.4 is 14.7 Å². The lowest BCUT2D eigenvalue weighted by atomic mass is 10.1. The van der Waals surface area contributed by atoms with Gasteiger partial charge in [0.1, 0.15) is 11.6 Å². The molecule has 1 unspecified atom stereocenters. The smallest absolute Gasteiger partial charge is 0.228 e. The Morgan fingerprint density at radius 1 is 0.938 bits per heavy atom. The highest BCUT2D eigenvalue weighted by atomic mass is 19.1. The zero-order valence-electron chi connectivity index (χ0n) is 18.0. The number of hydrogen-bond acceptors (Lipinski definition) is 6. The Labute approximate surface area is 186 Å². The van der Waals surface area contributed by atoms with Gasteiger partial charge in [0.15, 0.2) is 0 Å². The van der Waals surface area contributed by atoms with Crippen molar-refractivity contribution in [2.75, 3.05) is 60.5 Å². The van der Waals surface area contributed by atoms with E-state index in [2.05, 4.69) is 14.8 Å². The predicted molar refractivity (Wildman–Crippen MR) is 119 cm³/mol. The van der Waals surface area contributed by atoms with Gasteiger partial charge in [0.05, 0.1) is 5.92 Å². The van der Waals surface area contributed by atoms with Crippen LogP contribution in [0.15, 0.2) is 36.5 Å². The summed E-state index contributed by atoms with van der Waals surface area (Å²) in [6.45, 7) is 4.94. The van der Waals surface area contributed by atoms with E-state index in [1.807, 2.05) is 17.2 Å². The first kappa shape index (κ1) is 20.7. The maximum atomic E-state index is 13.2. The van der Waals surface area contributed by atoms with Gasteiger partial charge in [-0.3, -0.25) is 9.59 Å². The van der Waals surface area contributed by atoms with Crippen LogP contribution in [0, 0.1) is 11.7 Å². The van der Waals surface area contributed by atoms with Crippen molar-refractivity contribution < 1.29 is 14.0 Å². The Balaban J connectivity index is 1.18. The van der Waals surface area contributed by atoms with Gasteiger partial charge in [0.25, 0.3) is 0 Å². The molecule has 1 aromatic carbocycles. The molecular weight excluding hydrogens is 411 g/mol. The van der Waals surface area contributed by atoms with Crippen LogP contribution in [0.1, 0.15) is 19.3 Å². The summed E-state index contributed by atoms with van der Waals surface area (Å²) in [4.78, 5) is 42.6. The topological polar surface area (TPSA) is 72.9 Å². The molecule has 0 spiro atoms. The second-order valence-electron chi connectivity index (χ2n) is 8.60. The summed E-state index contributed by atoms with van der Waals surface area (Å²) >= 11 is 0. The van der Waals surface area contributed by atoms with E-state index < -0.39 is 0 Å². The molecule has 3 aliphatic rings. The van der Waals surface area contributed by atoms with Crippen LogP contribution in [-0.4, -0.2) is 72.5 Å². The average Bonchev–Trinajstić information content (AvgIpc) is 3.50. The number of aromatic nitrogens is 2. The van der Waals surface area contributed by atoms with Gasteiger partial charge in [-0.15, -0.1) is 0 Å². The third-order valence-electron chi connectivity index (χ3n) is 6.54. The van der Waals surface area contributed by atoms with Crippen molar-refractivity contribution in [3.63, 3.8) is 0 Å². The van der Waals surface area contributed by atoms with Crippen LogP contribution in [0.5, 0.6) is 0 Å². The van der Waals surface area contributed by atoms with Crippen LogP contribution in [-0.2, 0) is 9.59 Å². The number of rotatable bonds is 4. The summed E-state index contributed by atoms with van der Waals surface area (Å²) in [7, 11) is 0. The minimum atomic E-state index is -0.361. The minimum absolute atomic E-state index is 0.0167. The molecule has 32 heavy (non-hydrogen) atoms. The molecule has 5 rings (SSSR count). The quantitative estimate of drug-likeness (QED) is 0.726. The van der Waals surface area contributed by atoms with E-state index in [4.69, 9.17) is 4.98 Å². The van der Waals surface area contributed by atoms with Crippen molar-refractivity contribution in [2.45, 2.75) is 19.3 Å². The number of hydrogen-bond donors (Lipinski definition) is 0. The molecule has 0 saturated carbocycles. The van der Waals surface area contributed by atoms with Crippen LogP contribution in [0.3, 0.4) is 0 Å². The Morgan fingerprint density at radius 2 is 1.66 bits per heavy atom. The molecule has 2 aromatic rings. The van der Waals surface area contributed by atoms with Crippen molar-refractivity contribution in [2.24, 2.45) is 5.92 Å². The molecule has 9 heteroatoms. The van der Waals surface area contributed by atoms with Gasteiger partial charge in [-0.1, -0.05) is 0 Å². The fraction of sp³-hybridized carbons (Fsp3) is 0.478. The molecule has 3 aliphatic heterocycles. The first-order chi connectivity index (χ1) is 15.6. The predicted octanol–water partition coefficient (Wildman–Crippen LogP) is 1.92. The van der Waals surface area contributed by atoms with E-state index in [0.717, 1.165) is 24.9 Å². The van der Waals surface area contributed by atoms with E-state index in [9.17, 15) is 14.0 Å². The van der Waals surface area contributed by atoms with Crippen molar-refractivity contribution >= 4 is 29.3 Å². The Hall–Kier alpha value is -3.23. The number of carbonyl (C=O) groups excluding carboxylic acids is 2. The molecule has 8 nitrogen and oxygen atoms in total. The van der Waals surface area contributed by atoms with E-state index in [1.165, 1.54) is 25.0 Å². The molecule has 0 N–H and O–H groups in total. The highest BCUT2D eigenvalue weighted by Crippen LogP contribution is 2.27. The summed E-state index contributed by atoms with van der Waals surface area (Å²) in [5.41, 5.74) is 0.633. The number of nitrogens with zero attached hydrogens (tertiary/aromatic N) is 6. The zero-order valence-corrected chi connectivity index (χ0v) is 18.0. The lowest BCUT2D eigenvalue weighted by Crippen LogP contribution is -2.51. The van der Waals surface area contributed by atoms with Crippen LogP contribution in [0.4, 0.5) is 21.8 Å². The van der Waals surface area contributed by atoms with Crippen LogP contribution in [0.2, 0.25) is 0 Å². The SMILES string of the molecule is O=C(C1CC(=O)N(c2ccc(F)cc2)C1)N1CCN(c2ccnc(N3CCCC3)n2)CC1. The molecule has 0 bridgehead atoms. The number of carbonyl (C=O) groups is 2. The summed E-state index contributed by atoms with van der Waals surface area (Å²) in [5.74, 6) is 0.894. The molecule has 0 aliphatic carbocycles. The number of benzene rings is 1. The van der Waals surface area contributed by atoms with Crippen molar-refractivity contribution in [1.82, 2.24) is 14.9 Å². The number of halogens is 1. The molecule has 4 heterocycles. The fourth-order valence-electron chi connectivity index (χ4n) is 4.74. The lowest BCUT2D eigenvalue weighted by molar-refractivity contribution is -0.136. The third kappa shape index (κ3) is 4.11. The van der Waals surface area contributed by atoms with Crippen LogP contribution >= 0.6 is 0 Å². The van der Waals surface area contributed by atoms with E-state index in [0.29, 0.717) is 38.4 Å². The number of piperazine rings is 1. The van der Waals surface area contributed by atoms with Crippen molar-refractivity contribution in [3.8, 4) is 0 Å². The summed E-state index contributed by atoms with van der Waals surface area (Å²) in [5, 5.41) is 0. The van der Waals surface area contributed by atoms with Crippen LogP contribution in [0.25, 0.3) is 0 Å². The zero-order chi connectivity index (χ0) is 22.1. The van der Waals surface area contributed by atoms with E-state index in [1.54, 1.807) is 17.0 Å². The van der Waals surface area contributed by atoms with Crippen molar-refractivity contribution in [1.29, 1.82) is 0 Å². The van der Waals surface area contributed by atoms with Crippen molar-refractivity contribution in [3.05, 3.63) is 42.3 Å². The van der Waals surface area contributed by atoms with E-state index >= 15 is 0 Å². The second kappa shape index (κ2) is 8.72. The largest absolute Gasteiger partial charge is 0.353 e. The minimum Gasteiger partial charge on any atom is -0.353 e. The highest BCUT2D eigenvalue weighted by Gasteiger charge is 2.38. The molecule has 0 radical (unpaired) electrons. The Kier molecular flexibility index (Phi) is 5.63. The molecule has 2 amide bonds. The normalized spacial score (nSPS) is 21.5. The second-order valence-corrected chi connectivity index (χ2v) is 8.60. The first-order valence-electron chi connectivity index (χ1n) is 11.3. The highest BCUT2D eigenvalue weighted by molar-refractivity contribution is 6.00. The standard InChI is InChI=1S/C23H27FN6O2/c24-18-3-5-19(6-4-18)30-16-17(15-21(30)31)22(32)28-13-11-27(12-14-28)20-7-8-25-23(26-20)29-9-1-2-10-29/h3-8,17H,1-2,9-16H2.